The second kappa shape index (κ2) is 24.6. The molecule has 1 atom stereocenters. The molecule has 0 saturated carbocycles. The molecule has 0 saturated heterocycles. The van der Waals surface area contributed by atoms with E-state index >= 15 is 0 Å². The number of hydrogen-bond donors (Lipinski definition) is 6. The van der Waals surface area contributed by atoms with E-state index in [0.29, 0.717) is 51.9 Å². The minimum absolute atomic E-state index is 0. The number of rotatable bonds is 23. The summed E-state index contributed by atoms with van der Waals surface area (Å²) in [6, 6.07) is 18.7. The van der Waals surface area contributed by atoms with Gasteiger partial charge in [0.15, 0.2) is 11.6 Å². The number of carbonyl (C=O) groups is 4. The molecule has 2 aromatic rings. The summed E-state index contributed by atoms with van der Waals surface area (Å²) in [4.78, 5) is 55.0. The Bertz CT molecular complexity index is 1280. The summed E-state index contributed by atoms with van der Waals surface area (Å²) in [6.07, 6.45) is 3.78. The fourth-order valence-electron chi connectivity index (χ4n) is 4.58. The van der Waals surface area contributed by atoms with Gasteiger partial charge in [0, 0.05) is 32.6 Å². The molecule has 8 N–H and O–H groups in total. The molecule has 2 aromatic carbocycles. The number of carbonyl (C=O) groups excluding carboxylic acids is 3. The van der Waals surface area contributed by atoms with Gasteiger partial charge < -0.3 is 41.6 Å². The van der Waals surface area contributed by atoms with E-state index in [0.717, 1.165) is 30.4 Å². The van der Waals surface area contributed by atoms with Gasteiger partial charge in [0.2, 0.25) is 5.91 Å². The molecule has 14 nitrogen and oxygen atoms in total. The zero-order valence-corrected chi connectivity index (χ0v) is 29.1. The summed E-state index contributed by atoms with van der Waals surface area (Å²) < 4.78 is 10.8. The monoisotopic (exact) mass is 705 g/mol. The lowest BCUT2D eigenvalue weighted by molar-refractivity contribution is -0.148. The second-order valence-electron chi connectivity index (χ2n) is 11.5. The standard InChI is InChI=1S/C34H51N7O7.ClH/c1-34(30(43)44,40-29(42)19-10-2-3-11-20-37-31(35)36)39-22-12-13-23-41(33(46)48-26-28-17-8-5-9-18-28)24-14-21-38-32(45)47-25-27-15-6-4-7-16-27;/h4-9,15-18,39H,2-3,10-14,19-26H2,1H3,(H,38,45)(H,40,42)(H,43,44)(H4,35,36,37);1H. The van der Waals surface area contributed by atoms with Crippen molar-refractivity contribution in [1.82, 2.24) is 20.9 Å². The van der Waals surface area contributed by atoms with Gasteiger partial charge in [-0.15, -0.1) is 12.4 Å². The van der Waals surface area contributed by atoms with Crippen LogP contribution >= 0.6 is 12.4 Å². The summed E-state index contributed by atoms with van der Waals surface area (Å²) in [5.74, 6) is -1.51. The molecule has 15 heteroatoms. The molecule has 0 bridgehead atoms. The predicted octanol–water partition coefficient (Wildman–Crippen LogP) is 3.87. The molecular weight excluding hydrogens is 654 g/mol. The number of amides is 3. The summed E-state index contributed by atoms with van der Waals surface area (Å²) in [6.45, 7) is 3.49. The van der Waals surface area contributed by atoms with Gasteiger partial charge >= 0.3 is 18.2 Å². The van der Waals surface area contributed by atoms with Crippen molar-refractivity contribution in [3.8, 4) is 0 Å². The molecule has 49 heavy (non-hydrogen) atoms. The number of nitrogens with two attached hydrogens (primary N) is 2. The number of benzene rings is 2. The van der Waals surface area contributed by atoms with Gasteiger partial charge in [0.05, 0.1) is 0 Å². The number of nitrogens with one attached hydrogen (secondary N) is 3. The van der Waals surface area contributed by atoms with Gasteiger partial charge in [-0.05, 0) is 56.7 Å². The Morgan fingerprint density at radius 3 is 2.00 bits per heavy atom. The summed E-state index contributed by atoms with van der Waals surface area (Å²) in [5.41, 5.74) is 10.7. The lowest BCUT2D eigenvalue weighted by Crippen LogP contribution is -2.62. The molecule has 272 valence electrons. The molecule has 1 unspecified atom stereocenters. The molecule has 0 aromatic heterocycles. The highest BCUT2D eigenvalue weighted by molar-refractivity contribution is 5.86. The molecule has 0 aliphatic heterocycles. The Morgan fingerprint density at radius 1 is 0.796 bits per heavy atom. The first-order chi connectivity index (χ1) is 23.1. The van der Waals surface area contributed by atoms with E-state index in [4.69, 9.17) is 20.9 Å². The Balaban J connectivity index is 0.0000120. The van der Waals surface area contributed by atoms with Gasteiger partial charge in [-0.1, -0.05) is 73.5 Å². The lowest BCUT2D eigenvalue weighted by atomic mass is 10.1. The average molecular weight is 706 g/mol. The van der Waals surface area contributed by atoms with Crippen LogP contribution in [0.4, 0.5) is 9.59 Å². The van der Waals surface area contributed by atoms with Gasteiger partial charge in [-0.2, -0.15) is 0 Å². The molecule has 0 radical (unpaired) electrons. The van der Waals surface area contributed by atoms with E-state index in [2.05, 4.69) is 20.9 Å². The third-order valence-electron chi connectivity index (χ3n) is 7.31. The molecule has 0 spiro atoms. The maximum Gasteiger partial charge on any atom is 0.410 e. The average Bonchev–Trinajstić information content (AvgIpc) is 3.07. The van der Waals surface area contributed by atoms with Crippen LogP contribution in [0.5, 0.6) is 0 Å². The van der Waals surface area contributed by atoms with Crippen LogP contribution in [0.25, 0.3) is 0 Å². The second-order valence-corrected chi connectivity index (χ2v) is 11.5. The Hall–Kier alpha value is -4.56. The molecular formula is C34H52ClN7O7. The normalized spacial score (nSPS) is 11.6. The van der Waals surface area contributed by atoms with E-state index in [1.54, 1.807) is 4.90 Å². The van der Waals surface area contributed by atoms with Crippen LogP contribution in [-0.2, 0) is 32.3 Å². The fourth-order valence-corrected chi connectivity index (χ4v) is 4.58. The number of guanidine groups is 1. The zero-order chi connectivity index (χ0) is 35.0. The number of halogens is 1. The molecule has 3 amide bonds. The van der Waals surface area contributed by atoms with Crippen LogP contribution in [0.3, 0.4) is 0 Å². The van der Waals surface area contributed by atoms with Crippen molar-refractivity contribution in [2.45, 2.75) is 77.2 Å². The maximum atomic E-state index is 13.0. The minimum Gasteiger partial charge on any atom is -0.478 e. The number of alkyl carbamates (subject to hydrolysis) is 1. The van der Waals surface area contributed by atoms with E-state index in [1.807, 2.05) is 60.7 Å². The minimum atomic E-state index is -1.64. The molecule has 2 rings (SSSR count). The number of carboxylic acid groups (broad SMARTS) is 1. The number of hydrogen-bond acceptors (Lipinski definition) is 8. The van der Waals surface area contributed by atoms with E-state index in [1.165, 1.54) is 6.92 Å². The number of aliphatic imine (C=N–C) groups is 1. The van der Waals surface area contributed by atoms with Gasteiger partial charge in [0.1, 0.15) is 13.2 Å². The number of ether oxygens (including phenoxy) is 2. The lowest BCUT2D eigenvalue weighted by Gasteiger charge is -2.28. The van der Waals surface area contributed by atoms with Crippen LogP contribution in [0.2, 0.25) is 0 Å². The third-order valence-corrected chi connectivity index (χ3v) is 7.31. The number of unbranched alkanes of at least 4 members (excludes halogenated alkanes) is 4. The van der Waals surface area contributed by atoms with Crippen molar-refractivity contribution >= 4 is 42.4 Å². The number of aliphatic carboxylic acids is 1. The molecule has 0 fully saturated rings. The Kier molecular flexibility index (Phi) is 21.3. The van der Waals surface area contributed by atoms with Crippen LogP contribution in [0.1, 0.15) is 69.4 Å². The smallest absolute Gasteiger partial charge is 0.410 e. The first kappa shape index (κ1) is 42.5. The first-order valence-corrected chi connectivity index (χ1v) is 16.3. The third kappa shape index (κ3) is 19.1. The topological polar surface area (TPSA) is 211 Å². The highest BCUT2D eigenvalue weighted by Crippen LogP contribution is 2.09. The quantitative estimate of drug-likeness (QED) is 0.0425. The summed E-state index contributed by atoms with van der Waals surface area (Å²) in [5, 5.41) is 18.0. The molecule has 0 aliphatic carbocycles. The van der Waals surface area contributed by atoms with Crippen molar-refractivity contribution in [3.05, 3.63) is 71.8 Å². The first-order valence-electron chi connectivity index (χ1n) is 16.3. The van der Waals surface area contributed by atoms with Gasteiger partial charge in [-0.25, -0.2) is 14.4 Å². The van der Waals surface area contributed by atoms with E-state index < -0.39 is 23.8 Å². The van der Waals surface area contributed by atoms with Crippen molar-refractivity contribution in [3.63, 3.8) is 0 Å². The van der Waals surface area contributed by atoms with Crippen molar-refractivity contribution in [2.24, 2.45) is 16.5 Å². The number of nitrogens with zero attached hydrogens (tertiary/aromatic N) is 2. The van der Waals surface area contributed by atoms with E-state index in [9.17, 15) is 24.3 Å². The zero-order valence-electron chi connectivity index (χ0n) is 28.2. The highest BCUT2D eigenvalue weighted by atomic mass is 35.5. The van der Waals surface area contributed by atoms with Crippen LogP contribution < -0.4 is 27.4 Å². The molecule has 0 heterocycles. The van der Waals surface area contributed by atoms with E-state index in [-0.39, 0.29) is 50.5 Å². The number of carboxylic acids is 1. The Morgan fingerprint density at radius 2 is 1.39 bits per heavy atom. The fraction of sp³-hybridized carbons (Fsp3) is 0.500. The predicted molar refractivity (Wildman–Crippen MR) is 190 cm³/mol. The Labute approximate surface area is 294 Å². The van der Waals surface area contributed by atoms with Crippen LogP contribution in [0.15, 0.2) is 65.7 Å². The van der Waals surface area contributed by atoms with Gasteiger partial charge in [-0.3, -0.25) is 15.1 Å². The van der Waals surface area contributed by atoms with Gasteiger partial charge in [0.25, 0.3) is 0 Å². The van der Waals surface area contributed by atoms with Crippen molar-refractivity contribution in [1.29, 1.82) is 0 Å². The van der Waals surface area contributed by atoms with Crippen molar-refractivity contribution < 1.29 is 33.8 Å². The SMILES string of the molecule is CC(NCCCCN(CCCNC(=O)OCc1ccccc1)C(=O)OCc1ccccc1)(NC(=O)CCCCCCN=C(N)N)C(=O)O.Cl. The largest absolute Gasteiger partial charge is 0.478 e. The summed E-state index contributed by atoms with van der Waals surface area (Å²) >= 11 is 0. The highest BCUT2D eigenvalue weighted by Gasteiger charge is 2.33. The summed E-state index contributed by atoms with van der Waals surface area (Å²) in [7, 11) is 0. The van der Waals surface area contributed by atoms with Crippen LogP contribution in [-0.4, -0.2) is 78.4 Å². The maximum absolute atomic E-state index is 13.0. The van der Waals surface area contributed by atoms with Crippen molar-refractivity contribution in [2.75, 3.05) is 32.7 Å². The molecule has 0 aliphatic rings. The van der Waals surface area contributed by atoms with Crippen LogP contribution in [0, 0.1) is 0 Å².